The van der Waals surface area contributed by atoms with Crippen LogP contribution in [0.5, 0.6) is 0 Å². The molecule has 4 aromatic rings. The quantitative estimate of drug-likeness (QED) is 0.402. The van der Waals surface area contributed by atoms with Crippen molar-refractivity contribution in [1.29, 1.82) is 0 Å². The molecule has 0 bridgehead atoms. The third kappa shape index (κ3) is 4.89. The van der Waals surface area contributed by atoms with Gasteiger partial charge in [0.25, 0.3) is 0 Å². The van der Waals surface area contributed by atoms with Crippen molar-refractivity contribution in [3.63, 3.8) is 0 Å². The van der Waals surface area contributed by atoms with Crippen LogP contribution >= 0.6 is 0 Å². The molecule has 0 unspecified atom stereocenters. The smallest absolute Gasteiger partial charge is 0.248 e. The van der Waals surface area contributed by atoms with Crippen LogP contribution in [0, 0.1) is 6.92 Å². The van der Waals surface area contributed by atoms with Gasteiger partial charge in [0.2, 0.25) is 5.91 Å². The summed E-state index contributed by atoms with van der Waals surface area (Å²) in [6, 6.07) is 30.0. The van der Waals surface area contributed by atoms with Gasteiger partial charge in [-0.2, -0.15) is 0 Å². The van der Waals surface area contributed by atoms with Crippen LogP contribution in [-0.4, -0.2) is 10.9 Å². The molecule has 1 amide bonds. The molecule has 1 heterocycles. The molecule has 146 valence electrons. The Morgan fingerprint density at radius 1 is 0.800 bits per heavy atom. The summed E-state index contributed by atoms with van der Waals surface area (Å²) in [6.45, 7) is 2.08. The van der Waals surface area contributed by atoms with E-state index in [9.17, 15) is 4.79 Å². The monoisotopic (exact) mass is 390 g/mol. The number of hydrogen-bond donors (Lipinski definition) is 1. The molecule has 3 nitrogen and oxygen atoms in total. The van der Waals surface area contributed by atoms with Crippen LogP contribution in [0.4, 0.5) is 5.69 Å². The predicted molar refractivity (Wildman–Crippen MR) is 124 cm³/mol. The summed E-state index contributed by atoms with van der Waals surface area (Å²) in [5.41, 5.74) is 7.17. The van der Waals surface area contributed by atoms with Crippen LogP contribution in [0.2, 0.25) is 0 Å². The first-order valence-electron chi connectivity index (χ1n) is 9.85. The normalized spacial score (nSPS) is 10.8. The van der Waals surface area contributed by atoms with E-state index in [1.807, 2.05) is 60.7 Å². The topological polar surface area (TPSA) is 42.0 Å². The molecule has 0 aliphatic heterocycles. The zero-order valence-electron chi connectivity index (χ0n) is 16.7. The van der Waals surface area contributed by atoms with Gasteiger partial charge in [0, 0.05) is 23.5 Å². The molecule has 30 heavy (non-hydrogen) atoms. The fourth-order valence-electron chi connectivity index (χ4n) is 3.18. The van der Waals surface area contributed by atoms with Crippen molar-refractivity contribution in [1.82, 2.24) is 4.98 Å². The van der Waals surface area contributed by atoms with Gasteiger partial charge in [-0.3, -0.25) is 9.78 Å². The minimum Gasteiger partial charge on any atom is -0.323 e. The first kappa shape index (κ1) is 19.3. The number of hydrogen-bond acceptors (Lipinski definition) is 2. The zero-order chi connectivity index (χ0) is 20.8. The number of aromatic nitrogens is 1. The van der Waals surface area contributed by atoms with Crippen molar-refractivity contribution in [2.24, 2.45) is 0 Å². The molecule has 0 saturated carbocycles. The lowest BCUT2D eigenvalue weighted by Crippen LogP contribution is -2.07. The molecule has 4 rings (SSSR count). The fraction of sp³-hybridized carbons (Fsp3) is 0.0370. The molecular formula is C27H22N2O. The summed E-state index contributed by atoms with van der Waals surface area (Å²) in [6.07, 6.45) is 5.15. The maximum absolute atomic E-state index is 12.3. The van der Waals surface area contributed by atoms with E-state index in [0.29, 0.717) is 0 Å². The Balaban J connectivity index is 1.41. The highest BCUT2D eigenvalue weighted by atomic mass is 16.1. The van der Waals surface area contributed by atoms with Gasteiger partial charge in [-0.1, -0.05) is 66.2 Å². The van der Waals surface area contributed by atoms with Crippen molar-refractivity contribution in [2.45, 2.75) is 6.92 Å². The second-order valence-electron chi connectivity index (χ2n) is 7.11. The Kier molecular flexibility index (Phi) is 5.81. The predicted octanol–water partition coefficient (Wildman–Crippen LogP) is 6.38. The van der Waals surface area contributed by atoms with Crippen molar-refractivity contribution in [3.05, 3.63) is 114 Å². The summed E-state index contributed by atoms with van der Waals surface area (Å²) in [5, 5.41) is 2.90. The van der Waals surface area contributed by atoms with Crippen LogP contribution in [-0.2, 0) is 4.79 Å². The maximum Gasteiger partial charge on any atom is 0.248 e. The lowest BCUT2D eigenvalue weighted by molar-refractivity contribution is -0.111. The van der Waals surface area contributed by atoms with Gasteiger partial charge in [0.15, 0.2) is 0 Å². The Bertz CT molecular complexity index is 1160. The third-order valence-electron chi connectivity index (χ3n) is 4.81. The Morgan fingerprint density at radius 2 is 1.57 bits per heavy atom. The van der Waals surface area contributed by atoms with Crippen LogP contribution in [0.3, 0.4) is 0 Å². The lowest BCUT2D eigenvalue weighted by Gasteiger charge is -2.05. The number of rotatable bonds is 5. The van der Waals surface area contributed by atoms with Gasteiger partial charge in [-0.25, -0.2) is 0 Å². The van der Waals surface area contributed by atoms with Crippen LogP contribution in [0.1, 0.15) is 11.1 Å². The SMILES string of the molecule is Cc1ccc(-c2cccc(/C=C/C(=O)Nc3ccc(-c4ccccn4)cc3)c2)cc1. The van der Waals surface area contributed by atoms with Gasteiger partial charge in [0.05, 0.1) is 5.69 Å². The van der Waals surface area contributed by atoms with E-state index in [0.717, 1.165) is 33.6 Å². The largest absolute Gasteiger partial charge is 0.323 e. The highest BCUT2D eigenvalue weighted by Gasteiger charge is 2.02. The molecule has 3 aromatic carbocycles. The van der Waals surface area contributed by atoms with Crippen molar-refractivity contribution < 1.29 is 4.79 Å². The van der Waals surface area contributed by atoms with E-state index in [4.69, 9.17) is 0 Å². The Labute approximate surface area is 176 Å². The van der Waals surface area contributed by atoms with E-state index in [1.165, 1.54) is 5.56 Å². The number of pyridine rings is 1. The van der Waals surface area contributed by atoms with Crippen LogP contribution in [0.15, 0.2) is 103 Å². The highest BCUT2D eigenvalue weighted by molar-refractivity contribution is 6.02. The molecule has 1 N–H and O–H groups in total. The van der Waals surface area contributed by atoms with Crippen LogP contribution < -0.4 is 5.32 Å². The Morgan fingerprint density at radius 3 is 2.30 bits per heavy atom. The molecular weight excluding hydrogens is 368 g/mol. The van der Waals surface area contributed by atoms with E-state index < -0.39 is 0 Å². The summed E-state index contributed by atoms with van der Waals surface area (Å²) in [7, 11) is 0. The first-order chi connectivity index (χ1) is 14.7. The van der Waals surface area contributed by atoms with Crippen LogP contribution in [0.25, 0.3) is 28.5 Å². The summed E-state index contributed by atoms with van der Waals surface area (Å²) < 4.78 is 0. The molecule has 0 aliphatic carbocycles. The number of nitrogens with zero attached hydrogens (tertiary/aromatic N) is 1. The third-order valence-corrected chi connectivity index (χ3v) is 4.81. The van der Waals surface area contributed by atoms with Gasteiger partial charge in [-0.15, -0.1) is 0 Å². The van der Waals surface area contributed by atoms with E-state index in [-0.39, 0.29) is 5.91 Å². The number of carbonyl (C=O) groups excluding carboxylic acids is 1. The van der Waals surface area contributed by atoms with Crippen molar-refractivity contribution in [2.75, 3.05) is 5.32 Å². The highest BCUT2D eigenvalue weighted by Crippen LogP contribution is 2.22. The molecule has 0 atom stereocenters. The van der Waals surface area contributed by atoms with E-state index >= 15 is 0 Å². The minimum absolute atomic E-state index is 0.165. The molecule has 0 aliphatic rings. The summed E-state index contributed by atoms with van der Waals surface area (Å²) in [5.74, 6) is -0.165. The fourth-order valence-corrected chi connectivity index (χ4v) is 3.18. The summed E-state index contributed by atoms with van der Waals surface area (Å²) in [4.78, 5) is 16.7. The summed E-state index contributed by atoms with van der Waals surface area (Å²) >= 11 is 0. The number of anilines is 1. The van der Waals surface area contributed by atoms with Gasteiger partial charge >= 0.3 is 0 Å². The van der Waals surface area contributed by atoms with Crippen molar-refractivity contribution in [3.8, 4) is 22.4 Å². The number of aryl methyl sites for hydroxylation is 1. The zero-order valence-corrected chi connectivity index (χ0v) is 16.7. The molecule has 0 spiro atoms. The molecule has 0 radical (unpaired) electrons. The number of benzene rings is 3. The number of carbonyl (C=O) groups is 1. The average Bonchev–Trinajstić information content (AvgIpc) is 2.79. The van der Waals surface area contributed by atoms with E-state index in [2.05, 4.69) is 53.6 Å². The molecule has 3 heteroatoms. The van der Waals surface area contributed by atoms with Crippen molar-refractivity contribution >= 4 is 17.7 Å². The lowest BCUT2D eigenvalue weighted by atomic mass is 10.0. The Hall–Kier alpha value is -3.98. The molecule has 0 fully saturated rings. The number of amides is 1. The average molecular weight is 390 g/mol. The molecule has 1 aromatic heterocycles. The number of nitrogens with one attached hydrogen (secondary N) is 1. The van der Waals surface area contributed by atoms with Gasteiger partial charge in [-0.05, 0) is 60.0 Å². The minimum atomic E-state index is -0.165. The second-order valence-corrected chi connectivity index (χ2v) is 7.11. The maximum atomic E-state index is 12.3. The standard InChI is InChI=1S/C27H22N2O/c1-20-8-11-22(12-9-20)24-6-4-5-21(19-24)10-17-27(30)29-25-15-13-23(14-16-25)26-7-2-3-18-28-26/h2-19H,1H3,(H,29,30)/b17-10+. The van der Waals surface area contributed by atoms with E-state index in [1.54, 1.807) is 12.3 Å². The van der Waals surface area contributed by atoms with Gasteiger partial charge < -0.3 is 5.32 Å². The second kappa shape index (κ2) is 9.01. The molecule has 0 saturated heterocycles. The van der Waals surface area contributed by atoms with Gasteiger partial charge in [0.1, 0.15) is 0 Å². The first-order valence-corrected chi connectivity index (χ1v) is 9.85.